The Labute approximate surface area is 117 Å². The highest BCUT2D eigenvalue weighted by atomic mass is 15.1. The summed E-state index contributed by atoms with van der Waals surface area (Å²) in [5, 5.41) is 3.56. The fraction of sp³-hybridized carbons (Fsp3) is 0.647. The van der Waals surface area contributed by atoms with Gasteiger partial charge < -0.3 is 5.32 Å². The zero-order chi connectivity index (χ0) is 13.1. The molecule has 0 amide bonds. The topological polar surface area (TPSA) is 15.3 Å². The van der Waals surface area contributed by atoms with E-state index in [0.29, 0.717) is 0 Å². The summed E-state index contributed by atoms with van der Waals surface area (Å²) in [4.78, 5) is 2.58. The molecule has 0 bridgehead atoms. The van der Waals surface area contributed by atoms with Crippen molar-refractivity contribution < 1.29 is 0 Å². The number of anilines is 1. The Morgan fingerprint density at radius 1 is 1.16 bits per heavy atom. The normalized spacial score (nSPS) is 20.1. The highest BCUT2D eigenvalue weighted by molar-refractivity contribution is 5.61. The maximum atomic E-state index is 3.56. The van der Waals surface area contributed by atoms with Crippen LogP contribution in [0.25, 0.3) is 0 Å². The number of nitrogens with one attached hydrogen (secondary N) is 1. The van der Waals surface area contributed by atoms with E-state index in [4.69, 9.17) is 0 Å². The first-order valence-corrected chi connectivity index (χ1v) is 7.89. The molecule has 1 aromatic rings. The summed E-state index contributed by atoms with van der Waals surface area (Å²) in [6.45, 7) is 2.21. The van der Waals surface area contributed by atoms with Gasteiger partial charge in [-0.05, 0) is 37.4 Å². The van der Waals surface area contributed by atoms with E-state index in [1.807, 2.05) is 0 Å². The summed E-state index contributed by atoms with van der Waals surface area (Å²) < 4.78 is 0. The fourth-order valence-corrected chi connectivity index (χ4v) is 3.64. The van der Waals surface area contributed by atoms with E-state index in [1.165, 1.54) is 61.8 Å². The van der Waals surface area contributed by atoms with Crippen molar-refractivity contribution in [1.82, 2.24) is 4.90 Å². The van der Waals surface area contributed by atoms with Gasteiger partial charge in [-0.3, -0.25) is 4.90 Å². The number of nitrogens with zero attached hydrogens (tertiary/aromatic N) is 1. The molecule has 2 nitrogen and oxygen atoms in total. The average molecular weight is 258 g/mol. The first kappa shape index (κ1) is 13.0. The van der Waals surface area contributed by atoms with Crippen LogP contribution in [0.3, 0.4) is 0 Å². The van der Waals surface area contributed by atoms with Crippen molar-refractivity contribution in [2.45, 2.75) is 57.5 Å². The van der Waals surface area contributed by atoms with Crippen LogP contribution < -0.4 is 5.32 Å². The third-order valence-corrected chi connectivity index (χ3v) is 4.80. The van der Waals surface area contributed by atoms with Crippen LogP contribution in [-0.2, 0) is 13.0 Å². The predicted molar refractivity (Wildman–Crippen MR) is 81.6 cm³/mol. The lowest BCUT2D eigenvalue weighted by atomic mass is 10.0. The van der Waals surface area contributed by atoms with Gasteiger partial charge in [0, 0.05) is 24.8 Å². The Morgan fingerprint density at radius 2 is 1.95 bits per heavy atom. The maximum absolute atomic E-state index is 3.56. The van der Waals surface area contributed by atoms with Crippen LogP contribution in [0, 0.1) is 0 Å². The molecule has 1 heterocycles. The maximum Gasteiger partial charge on any atom is 0.0419 e. The van der Waals surface area contributed by atoms with Crippen LogP contribution in [0.2, 0.25) is 0 Å². The molecule has 1 N–H and O–H groups in total. The van der Waals surface area contributed by atoms with Gasteiger partial charge in [0.1, 0.15) is 0 Å². The summed E-state index contributed by atoms with van der Waals surface area (Å²) in [6.07, 6.45) is 9.67. The third-order valence-electron chi connectivity index (χ3n) is 4.80. The van der Waals surface area contributed by atoms with E-state index in [-0.39, 0.29) is 0 Å². The zero-order valence-corrected chi connectivity index (χ0v) is 12.1. The molecular formula is C17H26N2. The Kier molecular flexibility index (Phi) is 4.07. The first-order chi connectivity index (χ1) is 9.34. The molecule has 0 aromatic heterocycles. The lowest BCUT2D eigenvalue weighted by Crippen LogP contribution is -2.30. The van der Waals surface area contributed by atoms with Crippen LogP contribution >= 0.6 is 0 Å². The number of fused-ring (bicyclic) bond motifs is 1. The molecule has 1 saturated carbocycles. The molecule has 0 unspecified atom stereocenters. The lowest BCUT2D eigenvalue weighted by Gasteiger charge is -2.27. The number of benzene rings is 1. The van der Waals surface area contributed by atoms with Crippen molar-refractivity contribution in [3.05, 3.63) is 29.3 Å². The highest BCUT2D eigenvalue weighted by Gasteiger charge is 2.19. The second-order valence-corrected chi connectivity index (χ2v) is 6.19. The minimum absolute atomic E-state index is 0.791. The molecule has 0 atom stereocenters. The van der Waals surface area contributed by atoms with Gasteiger partial charge in [-0.2, -0.15) is 0 Å². The smallest absolute Gasteiger partial charge is 0.0419 e. The van der Waals surface area contributed by atoms with Gasteiger partial charge in [-0.1, -0.05) is 43.9 Å². The molecule has 1 fully saturated rings. The molecule has 3 rings (SSSR count). The van der Waals surface area contributed by atoms with Gasteiger partial charge in [0.2, 0.25) is 0 Å². The minimum Gasteiger partial charge on any atom is -0.384 e. The quantitative estimate of drug-likeness (QED) is 0.829. The van der Waals surface area contributed by atoms with Crippen molar-refractivity contribution in [3.63, 3.8) is 0 Å². The van der Waals surface area contributed by atoms with Gasteiger partial charge >= 0.3 is 0 Å². The first-order valence-electron chi connectivity index (χ1n) is 7.89. The zero-order valence-electron chi connectivity index (χ0n) is 12.1. The van der Waals surface area contributed by atoms with Crippen molar-refractivity contribution in [1.29, 1.82) is 0 Å². The molecular weight excluding hydrogens is 232 g/mol. The number of para-hydroxylation sites is 1. The Morgan fingerprint density at radius 3 is 2.74 bits per heavy atom. The molecule has 0 saturated heterocycles. The van der Waals surface area contributed by atoms with Crippen LogP contribution in [0.15, 0.2) is 18.2 Å². The van der Waals surface area contributed by atoms with Crippen LogP contribution in [0.4, 0.5) is 5.69 Å². The van der Waals surface area contributed by atoms with Crippen LogP contribution in [0.1, 0.15) is 49.7 Å². The Bertz CT molecular complexity index is 419. The molecule has 0 radical (unpaired) electrons. The minimum atomic E-state index is 0.791. The van der Waals surface area contributed by atoms with Crippen molar-refractivity contribution >= 4 is 5.69 Å². The number of hydrogen-bond acceptors (Lipinski definition) is 2. The second-order valence-electron chi connectivity index (χ2n) is 6.19. The van der Waals surface area contributed by atoms with E-state index in [0.717, 1.165) is 19.1 Å². The summed E-state index contributed by atoms with van der Waals surface area (Å²) in [6, 6.07) is 7.58. The molecule has 1 aliphatic carbocycles. The van der Waals surface area contributed by atoms with Gasteiger partial charge in [0.05, 0.1) is 0 Å². The van der Waals surface area contributed by atoms with Crippen LogP contribution in [0.5, 0.6) is 0 Å². The molecule has 1 aliphatic heterocycles. The second kappa shape index (κ2) is 5.96. The summed E-state index contributed by atoms with van der Waals surface area (Å²) in [5.41, 5.74) is 4.41. The molecule has 104 valence electrons. The van der Waals surface area contributed by atoms with E-state index in [9.17, 15) is 0 Å². The molecule has 2 aliphatic rings. The van der Waals surface area contributed by atoms with E-state index >= 15 is 0 Å². The van der Waals surface area contributed by atoms with E-state index < -0.39 is 0 Å². The van der Waals surface area contributed by atoms with Crippen molar-refractivity contribution in [3.8, 4) is 0 Å². The number of rotatable bonds is 3. The SMILES string of the molecule is CN(Cc1cccc2c1NCC2)C1CCCCCC1. The van der Waals surface area contributed by atoms with E-state index in [1.54, 1.807) is 0 Å². The molecule has 0 spiro atoms. The third kappa shape index (κ3) is 2.94. The van der Waals surface area contributed by atoms with Crippen LogP contribution in [-0.4, -0.2) is 24.5 Å². The standard InChI is InChI=1S/C17H26N2/c1-19(16-9-4-2-3-5-10-16)13-15-8-6-7-14-11-12-18-17(14)15/h6-8,16,18H,2-5,9-13H2,1H3. The van der Waals surface area contributed by atoms with Gasteiger partial charge in [0.25, 0.3) is 0 Å². The van der Waals surface area contributed by atoms with Gasteiger partial charge in [0.15, 0.2) is 0 Å². The largest absolute Gasteiger partial charge is 0.384 e. The summed E-state index contributed by atoms with van der Waals surface area (Å²) >= 11 is 0. The monoisotopic (exact) mass is 258 g/mol. The lowest BCUT2D eigenvalue weighted by molar-refractivity contribution is 0.213. The highest BCUT2D eigenvalue weighted by Crippen LogP contribution is 2.29. The predicted octanol–water partition coefficient (Wildman–Crippen LogP) is 3.81. The Hall–Kier alpha value is -1.02. The summed E-state index contributed by atoms with van der Waals surface area (Å²) in [7, 11) is 2.31. The van der Waals surface area contributed by atoms with E-state index in [2.05, 4.69) is 35.5 Å². The van der Waals surface area contributed by atoms with Gasteiger partial charge in [-0.15, -0.1) is 0 Å². The number of hydrogen-bond donors (Lipinski definition) is 1. The van der Waals surface area contributed by atoms with Crippen molar-refractivity contribution in [2.75, 3.05) is 18.9 Å². The molecule has 2 heteroatoms. The summed E-state index contributed by atoms with van der Waals surface area (Å²) in [5.74, 6) is 0. The average Bonchev–Trinajstić information content (AvgIpc) is 2.73. The molecule has 19 heavy (non-hydrogen) atoms. The van der Waals surface area contributed by atoms with Crippen molar-refractivity contribution in [2.24, 2.45) is 0 Å². The fourth-order valence-electron chi connectivity index (χ4n) is 3.64. The Balaban J connectivity index is 1.69. The molecule has 1 aromatic carbocycles. The van der Waals surface area contributed by atoms with Gasteiger partial charge in [-0.25, -0.2) is 0 Å².